The molecule has 1 amide bonds. The fourth-order valence-corrected chi connectivity index (χ4v) is 3.25. The van der Waals surface area contributed by atoms with E-state index in [2.05, 4.69) is 5.10 Å². The van der Waals surface area contributed by atoms with Gasteiger partial charge in [0.1, 0.15) is 6.10 Å². The Kier molecular flexibility index (Phi) is 4.92. The number of aliphatic hydroxyl groups is 1. The first-order valence-electron chi connectivity index (χ1n) is 8.61. The Bertz CT molecular complexity index is 769. The second-order valence-electron chi connectivity index (χ2n) is 6.89. The van der Waals surface area contributed by atoms with Crippen LogP contribution in [0.2, 0.25) is 0 Å². The summed E-state index contributed by atoms with van der Waals surface area (Å²) >= 11 is 0. The lowest BCUT2D eigenvalue weighted by Gasteiger charge is -2.18. The molecule has 1 saturated heterocycles. The van der Waals surface area contributed by atoms with Crippen LogP contribution >= 0.6 is 0 Å². The van der Waals surface area contributed by atoms with Crippen LogP contribution in [0.4, 0.5) is 0 Å². The molecule has 25 heavy (non-hydrogen) atoms. The van der Waals surface area contributed by atoms with Crippen LogP contribution in [0.1, 0.15) is 35.6 Å². The Hall–Kier alpha value is -2.18. The number of nitrogens with zero attached hydrogens (tertiary/aromatic N) is 3. The highest BCUT2D eigenvalue weighted by Gasteiger charge is 2.35. The first-order valence-corrected chi connectivity index (χ1v) is 8.61. The van der Waals surface area contributed by atoms with Gasteiger partial charge in [0.05, 0.1) is 23.6 Å². The van der Waals surface area contributed by atoms with Crippen molar-refractivity contribution in [1.29, 1.82) is 0 Å². The Morgan fingerprint density at radius 1 is 1.28 bits per heavy atom. The third-order valence-corrected chi connectivity index (χ3v) is 4.32. The Morgan fingerprint density at radius 2 is 2.04 bits per heavy atom. The van der Waals surface area contributed by atoms with E-state index in [1.54, 1.807) is 11.0 Å². The van der Waals surface area contributed by atoms with E-state index in [1.807, 2.05) is 56.6 Å². The van der Waals surface area contributed by atoms with Crippen LogP contribution in [0, 0.1) is 13.8 Å². The number of likely N-dealkylation sites (tertiary alicyclic amines) is 1. The van der Waals surface area contributed by atoms with Gasteiger partial charge in [0.2, 0.25) is 0 Å². The number of carbonyl (C=O) groups excluding carboxylic acids is 1. The minimum absolute atomic E-state index is 0.0176. The zero-order valence-corrected chi connectivity index (χ0v) is 15.1. The minimum atomic E-state index is -0.648. The maximum absolute atomic E-state index is 12.8. The van der Waals surface area contributed by atoms with Gasteiger partial charge in [-0.05, 0) is 52.0 Å². The van der Waals surface area contributed by atoms with Gasteiger partial charge in [-0.2, -0.15) is 5.10 Å². The van der Waals surface area contributed by atoms with Crippen LogP contribution in [0.15, 0.2) is 30.3 Å². The molecule has 1 aromatic heterocycles. The number of benzene rings is 1. The number of hydrogen-bond acceptors (Lipinski definition) is 4. The number of carbonyl (C=O) groups is 1. The predicted molar refractivity (Wildman–Crippen MR) is 95.0 cm³/mol. The van der Waals surface area contributed by atoms with Crippen LogP contribution in [-0.4, -0.2) is 57.1 Å². The molecule has 0 bridgehead atoms. The molecule has 0 spiro atoms. The summed E-state index contributed by atoms with van der Waals surface area (Å²) in [6.45, 7) is 8.48. The number of β-amino-alcohol motifs (C(OH)–C–C–N with tert-alkyl or cyclic N) is 1. The van der Waals surface area contributed by atoms with E-state index in [0.29, 0.717) is 18.7 Å². The van der Waals surface area contributed by atoms with Gasteiger partial charge >= 0.3 is 0 Å². The topological polar surface area (TPSA) is 67.6 Å². The molecule has 1 N–H and O–H groups in total. The molecule has 2 heterocycles. The number of hydrogen-bond donors (Lipinski definition) is 1. The number of aryl methyl sites for hydroxylation is 2. The maximum atomic E-state index is 12.8. The monoisotopic (exact) mass is 343 g/mol. The molecule has 3 rings (SSSR count). The largest absolute Gasteiger partial charge is 0.388 e. The lowest BCUT2D eigenvalue weighted by Crippen LogP contribution is -2.31. The quantitative estimate of drug-likeness (QED) is 0.923. The second kappa shape index (κ2) is 6.98. The molecular formula is C19H25N3O3. The van der Waals surface area contributed by atoms with Crippen molar-refractivity contribution >= 4 is 5.91 Å². The van der Waals surface area contributed by atoms with E-state index in [1.165, 1.54) is 0 Å². The van der Waals surface area contributed by atoms with E-state index in [-0.39, 0.29) is 18.1 Å². The van der Waals surface area contributed by atoms with Gasteiger partial charge in [-0.15, -0.1) is 0 Å². The normalized spacial score (nSPS) is 20.5. The molecule has 2 atom stereocenters. The zero-order valence-electron chi connectivity index (χ0n) is 15.1. The van der Waals surface area contributed by atoms with Crippen LogP contribution in [0.5, 0.6) is 0 Å². The van der Waals surface area contributed by atoms with Crippen molar-refractivity contribution in [1.82, 2.24) is 14.7 Å². The van der Waals surface area contributed by atoms with Crippen molar-refractivity contribution in [3.05, 3.63) is 47.3 Å². The number of ether oxygens (including phenoxy) is 1. The summed E-state index contributed by atoms with van der Waals surface area (Å²) in [7, 11) is 0. The van der Waals surface area contributed by atoms with Crippen LogP contribution in [0.3, 0.4) is 0 Å². The molecule has 1 aliphatic heterocycles. The second-order valence-corrected chi connectivity index (χ2v) is 6.89. The zero-order chi connectivity index (χ0) is 18.1. The summed E-state index contributed by atoms with van der Waals surface area (Å²) in [6, 6.07) is 9.41. The Labute approximate surface area is 148 Å². The third kappa shape index (κ3) is 3.75. The highest BCUT2D eigenvalue weighted by atomic mass is 16.5. The number of aliphatic hydroxyl groups excluding tert-OH is 1. The molecule has 1 aromatic carbocycles. The van der Waals surface area contributed by atoms with E-state index in [9.17, 15) is 9.90 Å². The first-order chi connectivity index (χ1) is 11.8. The molecule has 1 aliphatic rings. The van der Waals surface area contributed by atoms with E-state index < -0.39 is 6.10 Å². The molecule has 134 valence electrons. The number of aromatic nitrogens is 2. The standard InChI is InChI=1S/C19H25N3O3/c1-12(2)25-18-11-21(10-17(18)23)19(24)15-6-5-7-16(9-15)22-14(4)8-13(3)20-22/h5-9,12,17-18,23H,10-11H2,1-4H3/t17-,18-/m0/s1. The molecule has 6 heteroatoms. The predicted octanol–water partition coefficient (Wildman–Crippen LogP) is 2.10. The Morgan fingerprint density at radius 3 is 2.68 bits per heavy atom. The molecule has 0 radical (unpaired) electrons. The summed E-state index contributed by atoms with van der Waals surface area (Å²) in [5.41, 5.74) is 3.39. The molecular weight excluding hydrogens is 318 g/mol. The average molecular weight is 343 g/mol. The maximum Gasteiger partial charge on any atom is 0.254 e. The van der Waals surface area contributed by atoms with Gasteiger partial charge in [-0.1, -0.05) is 6.07 Å². The smallest absolute Gasteiger partial charge is 0.254 e. The molecule has 2 aromatic rings. The van der Waals surface area contributed by atoms with Crippen molar-refractivity contribution in [2.75, 3.05) is 13.1 Å². The van der Waals surface area contributed by atoms with Gasteiger partial charge < -0.3 is 14.7 Å². The first kappa shape index (κ1) is 17.6. The summed E-state index contributed by atoms with van der Waals surface area (Å²) in [6.07, 6.45) is -0.960. The van der Waals surface area contributed by atoms with Gasteiger partial charge in [0, 0.05) is 24.3 Å². The van der Waals surface area contributed by atoms with Gasteiger partial charge in [0.15, 0.2) is 0 Å². The molecule has 6 nitrogen and oxygen atoms in total. The van der Waals surface area contributed by atoms with Crippen molar-refractivity contribution in [2.45, 2.75) is 46.0 Å². The average Bonchev–Trinajstić information content (AvgIpc) is 3.08. The third-order valence-electron chi connectivity index (χ3n) is 4.32. The lowest BCUT2D eigenvalue weighted by atomic mass is 10.1. The molecule has 0 aliphatic carbocycles. The van der Waals surface area contributed by atoms with E-state index in [4.69, 9.17) is 4.74 Å². The van der Waals surface area contributed by atoms with Gasteiger partial charge in [-0.3, -0.25) is 4.79 Å². The molecule has 0 saturated carbocycles. The van der Waals surface area contributed by atoms with Crippen molar-refractivity contribution in [3.63, 3.8) is 0 Å². The Balaban J connectivity index is 1.79. The van der Waals surface area contributed by atoms with Gasteiger partial charge in [0.25, 0.3) is 5.91 Å². The molecule has 1 fully saturated rings. The van der Waals surface area contributed by atoms with Crippen molar-refractivity contribution in [2.24, 2.45) is 0 Å². The highest BCUT2D eigenvalue weighted by Crippen LogP contribution is 2.20. The number of amides is 1. The SMILES string of the molecule is Cc1cc(C)n(-c2cccc(C(=O)N3C[C@H](OC(C)C)[C@@H](O)C3)c2)n1. The highest BCUT2D eigenvalue weighted by molar-refractivity contribution is 5.95. The summed E-state index contributed by atoms with van der Waals surface area (Å²) in [5.74, 6) is -0.0997. The van der Waals surface area contributed by atoms with Crippen LogP contribution < -0.4 is 0 Å². The minimum Gasteiger partial charge on any atom is -0.388 e. The fraction of sp³-hybridized carbons (Fsp3) is 0.474. The summed E-state index contributed by atoms with van der Waals surface area (Å²) in [5, 5.41) is 14.6. The number of rotatable bonds is 4. The lowest BCUT2D eigenvalue weighted by molar-refractivity contribution is -0.0394. The summed E-state index contributed by atoms with van der Waals surface area (Å²) in [4.78, 5) is 14.5. The van der Waals surface area contributed by atoms with Crippen molar-refractivity contribution in [3.8, 4) is 5.69 Å². The fourth-order valence-electron chi connectivity index (χ4n) is 3.25. The van der Waals surface area contributed by atoms with Crippen LogP contribution in [-0.2, 0) is 4.74 Å². The molecule has 0 unspecified atom stereocenters. The van der Waals surface area contributed by atoms with Crippen LogP contribution in [0.25, 0.3) is 5.69 Å². The van der Waals surface area contributed by atoms with Gasteiger partial charge in [-0.25, -0.2) is 4.68 Å². The van der Waals surface area contributed by atoms with E-state index in [0.717, 1.165) is 17.1 Å². The van der Waals surface area contributed by atoms with Crippen molar-refractivity contribution < 1.29 is 14.6 Å². The summed E-state index contributed by atoms with van der Waals surface area (Å²) < 4.78 is 7.52. The van der Waals surface area contributed by atoms with E-state index >= 15 is 0 Å².